The Labute approximate surface area is 72.6 Å². The van der Waals surface area contributed by atoms with Crippen LogP contribution in [0, 0.1) is 13.8 Å². The highest BCUT2D eigenvalue weighted by Crippen LogP contribution is 2.04. The van der Waals surface area contributed by atoms with Gasteiger partial charge in [0.1, 0.15) is 5.78 Å². The van der Waals surface area contributed by atoms with E-state index in [2.05, 4.69) is 4.98 Å². The van der Waals surface area contributed by atoms with Crippen LogP contribution in [0.3, 0.4) is 0 Å². The molecule has 0 saturated heterocycles. The number of carbonyl (C=O) groups is 1. The lowest BCUT2D eigenvalue weighted by molar-refractivity contribution is -0.116. The lowest BCUT2D eigenvalue weighted by Gasteiger charge is -2.00. The van der Waals surface area contributed by atoms with Crippen LogP contribution in [0.4, 0.5) is 0 Å². The molecule has 64 valence electrons. The van der Waals surface area contributed by atoms with E-state index in [1.54, 1.807) is 6.92 Å². The Morgan fingerprint density at radius 3 is 2.58 bits per heavy atom. The summed E-state index contributed by atoms with van der Waals surface area (Å²) in [5.74, 6) is 0.160. The first kappa shape index (κ1) is 8.91. The molecule has 0 aliphatic heterocycles. The van der Waals surface area contributed by atoms with Crippen molar-refractivity contribution in [1.29, 1.82) is 0 Å². The zero-order valence-corrected chi connectivity index (χ0v) is 7.72. The summed E-state index contributed by atoms with van der Waals surface area (Å²) in [6, 6.07) is 3.96. The molecular formula is C10H13NO. The van der Waals surface area contributed by atoms with Crippen LogP contribution in [0.5, 0.6) is 0 Å². The fourth-order valence-electron chi connectivity index (χ4n) is 1.27. The van der Waals surface area contributed by atoms with Gasteiger partial charge in [0.25, 0.3) is 0 Å². The van der Waals surface area contributed by atoms with Crippen molar-refractivity contribution in [2.24, 2.45) is 0 Å². The maximum absolute atomic E-state index is 10.8. The fourth-order valence-corrected chi connectivity index (χ4v) is 1.27. The normalized spacial score (nSPS) is 9.92. The van der Waals surface area contributed by atoms with Crippen LogP contribution in [-0.4, -0.2) is 10.8 Å². The van der Waals surface area contributed by atoms with Crippen molar-refractivity contribution in [3.8, 4) is 0 Å². The van der Waals surface area contributed by atoms with Crippen LogP contribution in [0.25, 0.3) is 0 Å². The highest BCUT2D eigenvalue weighted by atomic mass is 16.1. The van der Waals surface area contributed by atoms with Crippen molar-refractivity contribution in [3.63, 3.8) is 0 Å². The zero-order valence-electron chi connectivity index (χ0n) is 7.72. The lowest BCUT2D eigenvalue weighted by atomic mass is 10.1. The second-order valence-electron chi connectivity index (χ2n) is 3.16. The molecule has 0 radical (unpaired) electrons. The van der Waals surface area contributed by atoms with Crippen molar-refractivity contribution in [2.45, 2.75) is 27.2 Å². The van der Waals surface area contributed by atoms with Gasteiger partial charge in [-0.05, 0) is 38.5 Å². The first-order valence-corrected chi connectivity index (χ1v) is 4.01. The summed E-state index contributed by atoms with van der Waals surface area (Å²) in [7, 11) is 0. The van der Waals surface area contributed by atoms with Gasteiger partial charge in [-0.15, -0.1) is 0 Å². The molecule has 1 rings (SSSR count). The van der Waals surface area contributed by atoms with E-state index in [1.165, 1.54) is 5.56 Å². The Kier molecular flexibility index (Phi) is 2.58. The number of hydrogen-bond acceptors (Lipinski definition) is 2. The SMILES string of the molecule is CC(=O)Cc1cc(C)cc(C)n1. The van der Waals surface area contributed by atoms with Gasteiger partial charge in [-0.2, -0.15) is 0 Å². The van der Waals surface area contributed by atoms with E-state index < -0.39 is 0 Å². The van der Waals surface area contributed by atoms with Crippen molar-refractivity contribution in [3.05, 3.63) is 29.1 Å². The number of Topliss-reactive ketones (excluding diaryl/α,β-unsaturated/α-hetero) is 1. The van der Waals surface area contributed by atoms with Crippen molar-refractivity contribution in [1.82, 2.24) is 4.98 Å². The van der Waals surface area contributed by atoms with E-state index in [0.29, 0.717) is 6.42 Å². The van der Waals surface area contributed by atoms with Crippen LogP contribution >= 0.6 is 0 Å². The molecule has 0 aliphatic carbocycles. The van der Waals surface area contributed by atoms with E-state index in [4.69, 9.17) is 0 Å². The summed E-state index contributed by atoms with van der Waals surface area (Å²) in [6.07, 6.45) is 0.447. The van der Waals surface area contributed by atoms with E-state index in [1.807, 2.05) is 26.0 Å². The van der Waals surface area contributed by atoms with Gasteiger partial charge in [0.05, 0.1) is 0 Å². The third kappa shape index (κ3) is 2.46. The summed E-state index contributed by atoms with van der Waals surface area (Å²) >= 11 is 0. The molecule has 2 heteroatoms. The first-order chi connectivity index (χ1) is 5.58. The standard InChI is InChI=1S/C10H13NO/c1-7-4-8(2)11-10(5-7)6-9(3)12/h4-5H,6H2,1-3H3. The topological polar surface area (TPSA) is 30.0 Å². The van der Waals surface area contributed by atoms with E-state index >= 15 is 0 Å². The number of nitrogens with zero attached hydrogens (tertiary/aromatic N) is 1. The predicted molar refractivity (Wildman–Crippen MR) is 48.1 cm³/mol. The first-order valence-electron chi connectivity index (χ1n) is 4.01. The number of aryl methyl sites for hydroxylation is 2. The second-order valence-corrected chi connectivity index (χ2v) is 3.16. The van der Waals surface area contributed by atoms with Gasteiger partial charge in [-0.1, -0.05) is 0 Å². The number of carbonyl (C=O) groups excluding carboxylic acids is 1. The number of hydrogen-bond donors (Lipinski definition) is 0. The fraction of sp³-hybridized carbons (Fsp3) is 0.400. The minimum atomic E-state index is 0.160. The quantitative estimate of drug-likeness (QED) is 0.665. The third-order valence-electron chi connectivity index (χ3n) is 1.58. The average molecular weight is 163 g/mol. The molecule has 0 fully saturated rings. The largest absolute Gasteiger partial charge is 0.300 e. The van der Waals surface area contributed by atoms with E-state index in [9.17, 15) is 4.79 Å². The van der Waals surface area contributed by atoms with E-state index in [0.717, 1.165) is 11.4 Å². The second kappa shape index (κ2) is 3.48. The number of pyridine rings is 1. The Morgan fingerprint density at radius 1 is 1.42 bits per heavy atom. The minimum absolute atomic E-state index is 0.160. The van der Waals surface area contributed by atoms with Crippen LogP contribution in [0.1, 0.15) is 23.9 Å². The lowest BCUT2D eigenvalue weighted by Crippen LogP contribution is -2.00. The highest BCUT2D eigenvalue weighted by molar-refractivity contribution is 5.77. The third-order valence-corrected chi connectivity index (χ3v) is 1.58. The molecule has 0 N–H and O–H groups in total. The summed E-state index contributed by atoms with van der Waals surface area (Å²) in [4.78, 5) is 15.0. The maximum Gasteiger partial charge on any atom is 0.135 e. The molecule has 0 saturated carbocycles. The van der Waals surface area contributed by atoms with Crippen molar-refractivity contribution < 1.29 is 4.79 Å². The molecule has 0 unspecified atom stereocenters. The molecule has 0 atom stereocenters. The molecule has 0 bridgehead atoms. The molecule has 1 heterocycles. The van der Waals surface area contributed by atoms with Crippen LogP contribution in [0.15, 0.2) is 12.1 Å². The summed E-state index contributed by atoms with van der Waals surface area (Å²) in [5.41, 5.74) is 3.02. The van der Waals surface area contributed by atoms with Gasteiger partial charge in [-0.25, -0.2) is 0 Å². The zero-order chi connectivity index (χ0) is 9.14. The molecule has 12 heavy (non-hydrogen) atoms. The molecule has 1 aromatic rings. The van der Waals surface area contributed by atoms with Crippen molar-refractivity contribution >= 4 is 5.78 Å². The Morgan fingerprint density at radius 2 is 2.08 bits per heavy atom. The van der Waals surface area contributed by atoms with Gasteiger partial charge in [0.2, 0.25) is 0 Å². The Bertz CT molecular complexity index is 284. The van der Waals surface area contributed by atoms with Crippen LogP contribution < -0.4 is 0 Å². The number of ketones is 1. The summed E-state index contributed by atoms with van der Waals surface area (Å²) in [5, 5.41) is 0. The molecular weight excluding hydrogens is 150 g/mol. The number of aromatic nitrogens is 1. The van der Waals surface area contributed by atoms with E-state index in [-0.39, 0.29) is 5.78 Å². The van der Waals surface area contributed by atoms with Gasteiger partial charge in [0, 0.05) is 17.8 Å². The summed E-state index contributed by atoms with van der Waals surface area (Å²) in [6.45, 7) is 5.54. The molecule has 0 amide bonds. The molecule has 0 aliphatic rings. The van der Waals surface area contributed by atoms with Crippen molar-refractivity contribution in [2.75, 3.05) is 0 Å². The monoisotopic (exact) mass is 163 g/mol. The number of rotatable bonds is 2. The molecule has 2 nitrogen and oxygen atoms in total. The molecule has 0 aromatic carbocycles. The van der Waals surface area contributed by atoms with Gasteiger partial charge in [0.15, 0.2) is 0 Å². The smallest absolute Gasteiger partial charge is 0.135 e. The van der Waals surface area contributed by atoms with Gasteiger partial charge >= 0.3 is 0 Å². The van der Waals surface area contributed by atoms with Crippen LogP contribution in [0.2, 0.25) is 0 Å². The van der Waals surface area contributed by atoms with Gasteiger partial charge in [-0.3, -0.25) is 9.78 Å². The molecule has 0 spiro atoms. The minimum Gasteiger partial charge on any atom is -0.300 e. The predicted octanol–water partition coefficient (Wildman–Crippen LogP) is 1.83. The summed E-state index contributed by atoms with van der Waals surface area (Å²) < 4.78 is 0. The highest BCUT2D eigenvalue weighted by Gasteiger charge is 2.00. The molecule has 1 aromatic heterocycles. The van der Waals surface area contributed by atoms with Crippen LogP contribution in [-0.2, 0) is 11.2 Å². The Balaban J connectivity index is 2.93. The maximum atomic E-state index is 10.8. The Hall–Kier alpha value is -1.18. The van der Waals surface area contributed by atoms with Gasteiger partial charge < -0.3 is 0 Å². The average Bonchev–Trinajstić information content (AvgIpc) is 1.81.